The van der Waals surface area contributed by atoms with Gasteiger partial charge in [0.1, 0.15) is 5.82 Å². The zero-order chi connectivity index (χ0) is 19.3. The van der Waals surface area contributed by atoms with Crippen LogP contribution < -0.4 is 5.56 Å². The van der Waals surface area contributed by atoms with Crippen LogP contribution in [0.3, 0.4) is 0 Å². The van der Waals surface area contributed by atoms with Gasteiger partial charge in [-0.25, -0.2) is 0 Å². The molecule has 2 saturated carbocycles. The summed E-state index contributed by atoms with van der Waals surface area (Å²) < 4.78 is 1.83. The summed E-state index contributed by atoms with van der Waals surface area (Å²) in [6.07, 6.45) is 6.55. The Morgan fingerprint density at radius 3 is 2.39 bits per heavy atom. The third kappa shape index (κ3) is 2.82. The lowest BCUT2D eigenvalue weighted by molar-refractivity contribution is 0.0678. The molecule has 2 aromatic rings. The van der Waals surface area contributed by atoms with E-state index in [0.29, 0.717) is 24.8 Å². The van der Waals surface area contributed by atoms with E-state index in [9.17, 15) is 14.7 Å². The average molecular weight is 379 g/mol. The van der Waals surface area contributed by atoms with Gasteiger partial charge in [0.25, 0.3) is 5.91 Å². The van der Waals surface area contributed by atoms with Crippen LogP contribution in [0.25, 0.3) is 0 Å². The molecule has 0 saturated heterocycles. The highest BCUT2D eigenvalue weighted by atomic mass is 16.3. The van der Waals surface area contributed by atoms with E-state index >= 15 is 0 Å². The molecule has 0 spiro atoms. The molecule has 1 aromatic heterocycles. The molecular formula is C22H25N3O3. The molecular weight excluding hydrogens is 354 g/mol. The van der Waals surface area contributed by atoms with Crippen molar-refractivity contribution in [2.24, 2.45) is 5.92 Å². The molecule has 1 aliphatic heterocycles. The number of hydrogen-bond acceptors (Lipinski definition) is 4. The molecule has 5 rings (SSSR count). The molecule has 1 amide bonds. The van der Waals surface area contributed by atoms with Gasteiger partial charge in [-0.05, 0) is 37.2 Å². The van der Waals surface area contributed by atoms with Gasteiger partial charge in [0, 0.05) is 25.0 Å². The molecule has 2 fully saturated rings. The number of carbonyl (C=O) groups is 1. The Kier molecular flexibility index (Phi) is 4.22. The van der Waals surface area contributed by atoms with Gasteiger partial charge >= 0.3 is 5.56 Å². The SMILES string of the molecule is O=C1c2c(O)c(=O)nc(C(c3ccccc3)C3CCCC3)n2CCN1C1CC1. The lowest BCUT2D eigenvalue weighted by Crippen LogP contribution is -2.44. The standard InChI is InChI=1S/C22H25N3O3/c26-19-18-22(28)24(16-10-11-16)12-13-25(18)20(23-21(19)27)17(15-8-4-5-9-15)14-6-2-1-3-7-14/h1-3,6-7,15-17,26H,4-5,8-13H2. The summed E-state index contributed by atoms with van der Waals surface area (Å²) in [5.41, 5.74) is 0.567. The monoisotopic (exact) mass is 379 g/mol. The molecule has 2 aliphatic carbocycles. The van der Waals surface area contributed by atoms with Gasteiger partial charge in [-0.1, -0.05) is 43.2 Å². The van der Waals surface area contributed by atoms with E-state index < -0.39 is 11.3 Å². The quantitative estimate of drug-likeness (QED) is 0.886. The summed E-state index contributed by atoms with van der Waals surface area (Å²) in [5.74, 6) is 0.269. The Hall–Kier alpha value is -2.63. The second-order valence-corrected chi connectivity index (χ2v) is 8.29. The number of carbonyl (C=O) groups excluding carboxylic acids is 1. The van der Waals surface area contributed by atoms with Crippen LogP contribution in [0.1, 0.15) is 66.3 Å². The normalized spacial score (nSPS) is 21.0. The van der Waals surface area contributed by atoms with Crippen molar-refractivity contribution in [3.8, 4) is 5.75 Å². The second kappa shape index (κ2) is 6.76. The van der Waals surface area contributed by atoms with E-state index in [4.69, 9.17) is 0 Å². The van der Waals surface area contributed by atoms with Gasteiger partial charge < -0.3 is 14.6 Å². The number of amides is 1. The van der Waals surface area contributed by atoms with Gasteiger partial charge in [0.15, 0.2) is 5.69 Å². The van der Waals surface area contributed by atoms with E-state index in [-0.39, 0.29) is 23.6 Å². The molecule has 1 unspecified atom stereocenters. The number of hydrogen-bond donors (Lipinski definition) is 1. The minimum absolute atomic E-state index is 0.0315. The van der Waals surface area contributed by atoms with Gasteiger partial charge in [0.05, 0.1) is 0 Å². The first-order valence-electron chi connectivity index (χ1n) is 10.3. The minimum atomic E-state index is -0.689. The van der Waals surface area contributed by atoms with E-state index in [0.717, 1.165) is 31.2 Å². The molecule has 1 atom stereocenters. The van der Waals surface area contributed by atoms with Crippen LogP contribution in [-0.4, -0.2) is 38.1 Å². The van der Waals surface area contributed by atoms with Crippen molar-refractivity contribution < 1.29 is 9.90 Å². The fourth-order valence-corrected chi connectivity index (χ4v) is 5.00. The van der Waals surface area contributed by atoms with Gasteiger partial charge in [-0.15, -0.1) is 0 Å². The molecule has 1 aromatic carbocycles. The Morgan fingerprint density at radius 2 is 1.71 bits per heavy atom. The van der Waals surface area contributed by atoms with Crippen LogP contribution in [0.5, 0.6) is 5.75 Å². The van der Waals surface area contributed by atoms with Crippen LogP contribution in [0, 0.1) is 5.92 Å². The van der Waals surface area contributed by atoms with Crippen molar-refractivity contribution in [2.45, 2.75) is 57.0 Å². The Morgan fingerprint density at radius 1 is 1.00 bits per heavy atom. The maximum atomic E-state index is 13.1. The first kappa shape index (κ1) is 17.5. The molecule has 0 radical (unpaired) electrons. The van der Waals surface area contributed by atoms with Gasteiger partial charge in [-0.3, -0.25) is 9.59 Å². The number of rotatable bonds is 4. The molecule has 6 heteroatoms. The summed E-state index contributed by atoms with van der Waals surface area (Å²) in [5, 5.41) is 10.4. The summed E-state index contributed by atoms with van der Waals surface area (Å²) >= 11 is 0. The van der Waals surface area contributed by atoms with Crippen molar-refractivity contribution in [1.29, 1.82) is 0 Å². The number of fused-ring (bicyclic) bond motifs is 1. The fraction of sp³-hybridized carbons (Fsp3) is 0.500. The summed E-state index contributed by atoms with van der Waals surface area (Å²) in [6, 6.07) is 10.4. The molecule has 3 aliphatic rings. The maximum absolute atomic E-state index is 13.1. The summed E-state index contributed by atoms with van der Waals surface area (Å²) in [6.45, 7) is 1.18. The minimum Gasteiger partial charge on any atom is -0.501 e. The Balaban J connectivity index is 1.67. The maximum Gasteiger partial charge on any atom is 0.315 e. The van der Waals surface area contributed by atoms with Crippen LogP contribution >= 0.6 is 0 Å². The number of nitrogens with zero attached hydrogens (tertiary/aromatic N) is 3. The van der Waals surface area contributed by atoms with E-state index in [1.54, 1.807) is 0 Å². The number of aromatic nitrogens is 2. The van der Waals surface area contributed by atoms with Crippen molar-refractivity contribution in [3.05, 3.63) is 57.8 Å². The van der Waals surface area contributed by atoms with E-state index in [1.807, 2.05) is 27.7 Å². The molecule has 6 nitrogen and oxygen atoms in total. The highest BCUT2D eigenvalue weighted by Gasteiger charge is 2.40. The van der Waals surface area contributed by atoms with Crippen LogP contribution in [0.15, 0.2) is 35.1 Å². The number of aromatic hydroxyl groups is 1. The smallest absolute Gasteiger partial charge is 0.315 e. The zero-order valence-electron chi connectivity index (χ0n) is 15.9. The van der Waals surface area contributed by atoms with Gasteiger partial charge in [-0.2, -0.15) is 4.98 Å². The van der Waals surface area contributed by atoms with Crippen molar-refractivity contribution >= 4 is 5.91 Å². The van der Waals surface area contributed by atoms with E-state index in [2.05, 4.69) is 17.1 Å². The molecule has 2 heterocycles. The van der Waals surface area contributed by atoms with Crippen LogP contribution in [-0.2, 0) is 6.54 Å². The second-order valence-electron chi connectivity index (χ2n) is 8.29. The van der Waals surface area contributed by atoms with Crippen LogP contribution in [0.4, 0.5) is 0 Å². The number of benzene rings is 1. The summed E-state index contributed by atoms with van der Waals surface area (Å²) in [4.78, 5) is 31.8. The molecule has 146 valence electrons. The molecule has 28 heavy (non-hydrogen) atoms. The first-order chi connectivity index (χ1) is 13.6. The first-order valence-corrected chi connectivity index (χ1v) is 10.3. The predicted octanol–water partition coefficient (Wildman–Crippen LogP) is 2.89. The Bertz CT molecular complexity index is 959. The highest BCUT2D eigenvalue weighted by molar-refractivity contribution is 5.96. The summed E-state index contributed by atoms with van der Waals surface area (Å²) in [7, 11) is 0. The zero-order valence-corrected chi connectivity index (χ0v) is 15.9. The fourth-order valence-electron chi connectivity index (χ4n) is 5.00. The van der Waals surface area contributed by atoms with Gasteiger partial charge in [0.2, 0.25) is 5.75 Å². The van der Waals surface area contributed by atoms with Crippen molar-refractivity contribution in [1.82, 2.24) is 14.5 Å². The molecule has 1 N–H and O–H groups in total. The predicted molar refractivity (Wildman–Crippen MR) is 104 cm³/mol. The van der Waals surface area contributed by atoms with E-state index in [1.165, 1.54) is 12.8 Å². The van der Waals surface area contributed by atoms with Crippen LogP contribution in [0.2, 0.25) is 0 Å². The van der Waals surface area contributed by atoms with Crippen molar-refractivity contribution in [2.75, 3.05) is 6.54 Å². The Labute approximate surface area is 163 Å². The largest absolute Gasteiger partial charge is 0.501 e. The van der Waals surface area contributed by atoms with Crippen molar-refractivity contribution in [3.63, 3.8) is 0 Å². The molecule has 0 bridgehead atoms. The lowest BCUT2D eigenvalue weighted by Gasteiger charge is -2.34. The third-order valence-electron chi connectivity index (χ3n) is 6.51. The third-order valence-corrected chi connectivity index (χ3v) is 6.51. The average Bonchev–Trinajstić information content (AvgIpc) is 3.41. The topological polar surface area (TPSA) is 75.4 Å². The highest BCUT2D eigenvalue weighted by Crippen LogP contribution is 2.42. The lowest BCUT2D eigenvalue weighted by atomic mass is 9.83.